The lowest BCUT2D eigenvalue weighted by molar-refractivity contribution is -0.129. The number of amides is 1. The van der Waals surface area contributed by atoms with Gasteiger partial charge in [0.1, 0.15) is 12.4 Å². The highest BCUT2D eigenvalue weighted by Gasteiger charge is 2.38. The van der Waals surface area contributed by atoms with E-state index in [4.69, 9.17) is 14.2 Å². The molecule has 0 saturated carbocycles. The molecule has 0 aliphatic carbocycles. The predicted octanol–water partition coefficient (Wildman–Crippen LogP) is 2.23. The summed E-state index contributed by atoms with van der Waals surface area (Å²) < 4.78 is 17.3. The Balaban J connectivity index is 1.59. The Bertz CT molecular complexity index is 700. The van der Waals surface area contributed by atoms with Crippen LogP contribution in [0.3, 0.4) is 0 Å². The maximum Gasteiger partial charge on any atom is 0.269 e. The van der Waals surface area contributed by atoms with Gasteiger partial charge in [-0.15, -0.1) is 0 Å². The van der Waals surface area contributed by atoms with Crippen LogP contribution in [0.1, 0.15) is 0 Å². The molecule has 0 spiro atoms. The highest BCUT2D eigenvalue weighted by Crippen LogP contribution is 2.35. The fourth-order valence-electron chi connectivity index (χ4n) is 2.50. The van der Waals surface area contributed by atoms with Crippen molar-refractivity contribution in [3.05, 3.63) is 48.5 Å². The van der Waals surface area contributed by atoms with E-state index in [-0.39, 0.29) is 12.5 Å². The van der Waals surface area contributed by atoms with E-state index >= 15 is 0 Å². The number of rotatable bonds is 1. The molecule has 1 N–H and O–H groups in total. The monoisotopic (exact) mass is 283 g/mol. The summed E-state index contributed by atoms with van der Waals surface area (Å²) in [5, 5.41) is 2.83. The topological polar surface area (TPSA) is 56.8 Å². The summed E-state index contributed by atoms with van der Waals surface area (Å²) in [7, 11) is 0. The summed E-state index contributed by atoms with van der Waals surface area (Å²) >= 11 is 0. The molecule has 2 aromatic carbocycles. The van der Waals surface area contributed by atoms with Gasteiger partial charge in [0.25, 0.3) is 5.91 Å². The lowest BCUT2D eigenvalue weighted by Crippen LogP contribution is -2.51. The Hall–Kier alpha value is -2.69. The Labute approximate surface area is 121 Å². The van der Waals surface area contributed by atoms with E-state index in [1.54, 1.807) is 6.07 Å². The molecule has 2 aliphatic rings. The van der Waals surface area contributed by atoms with Crippen molar-refractivity contribution in [2.24, 2.45) is 0 Å². The third-order valence-corrected chi connectivity index (χ3v) is 3.53. The summed E-state index contributed by atoms with van der Waals surface area (Å²) in [6.07, 6.45) is -1.21. The first-order valence-corrected chi connectivity index (χ1v) is 6.76. The standard InChI is InChI=1S/C16H13NO4/c18-16-15(21-11-6-2-1-5-10(11)17-16)14-9-19-12-7-3-4-8-13(12)20-14/h1-8,14-15H,9H2,(H,17,18). The Morgan fingerprint density at radius 1 is 0.905 bits per heavy atom. The van der Waals surface area contributed by atoms with Gasteiger partial charge in [-0.3, -0.25) is 4.79 Å². The number of fused-ring (bicyclic) bond motifs is 2. The fraction of sp³-hybridized carbons (Fsp3) is 0.188. The van der Waals surface area contributed by atoms with Crippen molar-refractivity contribution in [1.29, 1.82) is 0 Å². The molecule has 5 heteroatoms. The minimum absolute atomic E-state index is 0.221. The van der Waals surface area contributed by atoms with E-state index < -0.39 is 12.2 Å². The third-order valence-electron chi connectivity index (χ3n) is 3.53. The van der Waals surface area contributed by atoms with Crippen LogP contribution in [-0.4, -0.2) is 24.7 Å². The molecule has 0 fully saturated rings. The maximum atomic E-state index is 12.2. The molecule has 2 unspecified atom stereocenters. The number of nitrogens with one attached hydrogen (secondary N) is 1. The first-order valence-electron chi connectivity index (χ1n) is 6.76. The van der Waals surface area contributed by atoms with Gasteiger partial charge in [0.05, 0.1) is 5.69 Å². The molecule has 5 nitrogen and oxygen atoms in total. The van der Waals surface area contributed by atoms with Crippen LogP contribution in [0.2, 0.25) is 0 Å². The van der Waals surface area contributed by atoms with Crippen LogP contribution in [-0.2, 0) is 4.79 Å². The number of carbonyl (C=O) groups is 1. The average Bonchev–Trinajstić information content (AvgIpc) is 2.54. The smallest absolute Gasteiger partial charge is 0.269 e. The van der Waals surface area contributed by atoms with Gasteiger partial charge in [0, 0.05) is 0 Å². The predicted molar refractivity (Wildman–Crippen MR) is 75.8 cm³/mol. The second-order valence-electron chi connectivity index (χ2n) is 4.94. The molecular weight excluding hydrogens is 270 g/mol. The van der Waals surface area contributed by atoms with Crippen LogP contribution in [0.4, 0.5) is 5.69 Å². The van der Waals surface area contributed by atoms with Gasteiger partial charge in [0.15, 0.2) is 17.6 Å². The Morgan fingerprint density at radius 3 is 2.48 bits per heavy atom. The zero-order valence-electron chi connectivity index (χ0n) is 11.1. The van der Waals surface area contributed by atoms with Crippen molar-refractivity contribution in [2.75, 3.05) is 11.9 Å². The molecule has 2 atom stereocenters. The first-order chi connectivity index (χ1) is 10.3. The zero-order chi connectivity index (χ0) is 14.2. The van der Waals surface area contributed by atoms with E-state index in [0.717, 1.165) is 0 Å². The quantitative estimate of drug-likeness (QED) is 0.872. The van der Waals surface area contributed by atoms with Crippen molar-refractivity contribution >= 4 is 11.6 Å². The molecule has 0 radical (unpaired) electrons. The zero-order valence-corrected chi connectivity index (χ0v) is 11.1. The minimum Gasteiger partial charge on any atom is -0.486 e. The molecule has 21 heavy (non-hydrogen) atoms. The van der Waals surface area contributed by atoms with Crippen LogP contribution in [0.15, 0.2) is 48.5 Å². The average molecular weight is 283 g/mol. The molecule has 0 saturated heterocycles. The van der Waals surface area contributed by atoms with Crippen LogP contribution < -0.4 is 19.5 Å². The van der Waals surface area contributed by atoms with Crippen LogP contribution >= 0.6 is 0 Å². The van der Waals surface area contributed by atoms with Crippen LogP contribution in [0, 0.1) is 0 Å². The van der Waals surface area contributed by atoms with Gasteiger partial charge in [-0.1, -0.05) is 24.3 Å². The van der Waals surface area contributed by atoms with Gasteiger partial charge in [-0.2, -0.15) is 0 Å². The number of ether oxygens (including phenoxy) is 3. The molecule has 2 aromatic rings. The number of hydrogen-bond acceptors (Lipinski definition) is 4. The number of anilines is 1. The number of hydrogen-bond donors (Lipinski definition) is 1. The highest BCUT2D eigenvalue weighted by molar-refractivity contribution is 5.98. The molecule has 0 bridgehead atoms. The van der Waals surface area contributed by atoms with E-state index in [9.17, 15) is 4.79 Å². The number of para-hydroxylation sites is 4. The maximum absolute atomic E-state index is 12.2. The summed E-state index contributed by atoms with van der Waals surface area (Å²) in [6.45, 7) is 0.275. The van der Waals surface area contributed by atoms with Gasteiger partial charge in [-0.25, -0.2) is 0 Å². The fourth-order valence-corrected chi connectivity index (χ4v) is 2.50. The lowest BCUT2D eigenvalue weighted by atomic mass is 10.1. The molecule has 1 amide bonds. The largest absolute Gasteiger partial charge is 0.486 e. The second-order valence-corrected chi connectivity index (χ2v) is 4.94. The molecular formula is C16H13NO4. The van der Waals surface area contributed by atoms with Crippen molar-refractivity contribution in [3.63, 3.8) is 0 Å². The van der Waals surface area contributed by atoms with Crippen LogP contribution in [0.5, 0.6) is 17.2 Å². The van der Waals surface area contributed by atoms with E-state index in [1.807, 2.05) is 42.5 Å². The SMILES string of the molecule is O=C1Nc2ccccc2OC1C1COc2ccccc2O1. The Morgan fingerprint density at radius 2 is 1.62 bits per heavy atom. The van der Waals surface area contributed by atoms with Gasteiger partial charge < -0.3 is 19.5 Å². The number of benzene rings is 2. The molecule has 2 aliphatic heterocycles. The summed E-state index contributed by atoms with van der Waals surface area (Å²) in [5.74, 6) is 1.74. The highest BCUT2D eigenvalue weighted by atomic mass is 16.6. The summed E-state index contributed by atoms with van der Waals surface area (Å²) in [5.41, 5.74) is 0.677. The third kappa shape index (κ3) is 2.07. The molecule has 2 heterocycles. The van der Waals surface area contributed by atoms with Crippen molar-refractivity contribution in [2.45, 2.75) is 12.2 Å². The van der Waals surface area contributed by atoms with Gasteiger partial charge >= 0.3 is 0 Å². The minimum atomic E-state index is -0.728. The second kappa shape index (κ2) is 4.70. The normalized spacial score (nSPS) is 22.8. The van der Waals surface area contributed by atoms with Crippen LogP contribution in [0.25, 0.3) is 0 Å². The van der Waals surface area contributed by atoms with E-state index in [2.05, 4.69) is 5.32 Å². The van der Waals surface area contributed by atoms with Crippen molar-refractivity contribution in [3.8, 4) is 17.2 Å². The Kier molecular flexibility index (Phi) is 2.70. The van der Waals surface area contributed by atoms with Crippen molar-refractivity contribution < 1.29 is 19.0 Å². The first kappa shape index (κ1) is 12.1. The number of carbonyl (C=O) groups excluding carboxylic acids is 1. The summed E-state index contributed by atoms with van der Waals surface area (Å²) in [6, 6.07) is 14.7. The van der Waals surface area contributed by atoms with Gasteiger partial charge in [0.2, 0.25) is 6.10 Å². The van der Waals surface area contributed by atoms with E-state index in [0.29, 0.717) is 22.9 Å². The molecule has 106 valence electrons. The lowest BCUT2D eigenvalue weighted by Gasteiger charge is -2.34. The molecule has 0 aromatic heterocycles. The van der Waals surface area contributed by atoms with Gasteiger partial charge in [-0.05, 0) is 24.3 Å². The molecule has 4 rings (SSSR count). The summed E-state index contributed by atoms with van der Waals surface area (Å²) in [4.78, 5) is 12.2. The van der Waals surface area contributed by atoms with E-state index in [1.165, 1.54) is 0 Å². The van der Waals surface area contributed by atoms with Crippen molar-refractivity contribution in [1.82, 2.24) is 0 Å².